The second-order valence-electron chi connectivity index (χ2n) is 1.19. The number of rotatable bonds is 3. The predicted molar refractivity (Wildman–Crippen MR) is 23.3 cm³/mol. The Morgan fingerprint density at radius 2 is 2.57 bits per heavy atom. The summed E-state index contributed by atoms with van der Waals surface area (Å²) in [4.78, 5) is 9.32. The van der Waals surface area contributed by atoms with Gasteiger partial charge in [-0.25, -0.2) is 4.79 Å². The van der Waals surface area contributed by atoms with E-state index in [4.69, 9.17) is 5.11 Å². The minimum atomic E-state index is -0.419. The first-order valence-electron chi connectivity index (χ1n) is 1.95. The van der Waals surface area contributed by atoms with Gasteiger partial charge in [-0.2, -0.15) is 0 Å². The van der Waals surface area contributed by atoms with Gasteiger partial charge in [0.2, 0.25) is 0 Å². The third kappa shape index (κ3) is 3.26. The first-order valence-corrected chi connectivity index (χ1v) is 1.95. The SMILES string of the molecule is C[C@@H](CO)O[C]=O. The first kappa shape index (κ1) is 6.43. The molecule has 0 saturated heterocycles. The average Bonchev–Trinajstić information content (AvgIpc) is 1.68. The summed E-state index contributed by atoms with van der Waals surface area (Å²) in [7, 11) is 0. The maximum Gasteiger partial charge on any atom is 0.417 e. The van der Waals surface area contributed by atoms with E-state index in [1.54, 1.807) is 6.92 Å². The van der Waals surface area contributed by atoms with E-state index >= 15 is 0 Å². The average molecular weight is 103 g/mol. The molecule has 3 heteroatoms. The highest BCUT2D eigenvalue weighted by molar-refractivity contribution is 5.38. The summed E-state index contributed by atoms with van der Waals surface area (Å²) in [6.45, 7) is 2.64. The molecule has 41 valence electrons. The zero-order chi connectivity index (χ0) is 5.70. The molecule has 0 aliphatic carbocycles. The Labute approximate surface area is 41.9 Å². The Morgan fingerprint density at radius 1 is 2.00 bits per heavy atom. The van der Waals surface area contributed by atoms with Gasteiger partial charge in [0.1, 0.15) is 6.10 Å². The largest absolute Gasteiger partial charge is 0.452 e. The Kier molecular flexibility index (Phi) is 3.32. The summed E-state index contributed by atoms with van der Waals surface area (Å²) in [5.74, 6) is 0. The van der Waals surface area contributed by atoms with Crippen LogP contribution in [0.25, 0.3) is 0 Å². The molecule has 1 N–H and O–H groups in total. The van der Waals surface area contributed by atoms with Crippen LogP contribution in [0.4, 0.5) is 0 Å². The van der Waals surface area contributed by atoms with Crippen molar-refractivity contribution >= 4 is 6.47 Å². The highest BCUT2D eigenvalue weighted by atomic mass is 16.5. The number of aliphatic hydroxyl groups is 1. The highest BCUT2D eigenvalue weighted by Crippen LogP contribution is 1.81. The number of ether oxygens (including phenoxy) is 1. The van der Waals surface area contributed by atoms with Crippen LogP contribution in [0.3, 0.4) is 0 Å². The smallest absolute Gasteiger partial charge is 0.417 e. The molecule has 0 amide bonds. The zero-order valence-electron chi connectivity index (χ0n) is 4.05. The number of hydrogen-bond acceptors (Lipinski definition) is 3. The third-order valence-electron chi connectivity index (χ3n) is 0.506. The molecule has 7 heavy (non-hydrogen) atoms. The summed E-state index contributed by atoms with van der Waals surface area (Å²) >= 11 is 0. The molecular formula is C4H7O3. The minimum Gasteiger partial charge on any atom is -0.452 e. The fourth-order valence-electron chi connectivity index (χ4n) is 0.119. The molecule has 0 aliphatic heterocycles. The molecule has 0 spiro atoms. The lowest BCUT2D eigenvalue weighted by Gasteiger charge is -2.00. The maximum absolute atomic E-state index is 9.32. The van der Waals surface area contributed by atoms with Crippen molar-refractivity contribution in [1.29, 1.82) is 0 Å². The van der Waals surface area contributed by atoms with Gasteiger partial charge in [0, 0.05) is 0 Å². The highest BCUT2D eigenvalue weighted by Gasteiger charge is 1.95. The second-order valence-corrected chi connectivity index (χ2v) is 1.19. The Hall–Kier alpha value is -0.570. The van der Waals surface area contributed by atoms with Gasteiger partial charge in [-0.05, 0) is 6.92 Å². The molecule has 0 unspecified atom stereocenters. The quantitative estimate of drug-likeness (QED) is 0.521. The van der Waals surface area contributed by atoms with Gasteiger partial charge in [-0.15, -0.1) is 0 Å². The molecular weight excluding hydrogens is 96.0 g/mol. The van der Waals surface area contributed by atoms with Crippen molar-refractivity contribution in [2.24, 2.45) is 0 Å². The van der Waals surface area contributed by atoms with Gasteiger partial charge < -0.3 is 9.84 Å². The van der Waals surface area contributed by atoms with Crippen LogP contribution in [0.5, 0.6) is 0 Å². The van der Waals surface area contributed by atoms with E-state index in [9.17, 15) is 4.79 Å². The molecule has 0 aliphatic rings. The molecule has 3 nitrogen and oxygen atoms in total. The standard InChI is InChI=1S/C4H7O3/c1-4(2-5)7-3-6/h4-5H,2H2,1H3/t4-/m0/s1. The van der Waals surface area contributed by atoms with E-state index < -0.39 is 6.10 Å². The summed E-state index contributed by atoms with van der Waals surface area (Å²) in [5, 5.41) is 8.16. The van der Waals surface area contributed by atoms with Crippen molar-refractivity contribution in [3.63, 3.8) is 0 Å². The Balaban J connectivity index is 2.98. The van der Waals surface area contributed by atoms with Gasteiger partial charge in [0.25, 0.3) is 0 Å². The van der Waals surface area contributed by atoms with E-state index in [0.717, 1.165) is 0 Å². The fourth-order valence-corrected chi connectivity index (χ4v) is 0.119. The van der Waals surface area contributed by atoms with Crippen molar-refractivity contribution in [3.05, 3.63) is 0 Å². The molecule has 0 aromatic heterocycles. The van der Waals surface area contributed by atoms with E-state index in [-0.39, 0.29) is 6.61 Å². The molecule has 0 aromatic carbocycles. The van der Waals surface area contributed by atoms with Crippen LogP contribution in [0.2, 0.25) is 0 Å². The maximum atomic E-state index is 9.32. The van der Waals surface area contributed by atoms with Gasteiger partial charge in [-0.1, -0.05) is 0 Å². The Bertz CT molecular complexity index is 52.9. The monoisotopic (exact) mass is 103 g/mol. The molecule has 0 bridgehead atoms. The summed E-state index contributed by atoms with van der Waals surface area (Å²) < 4.78 is 4.14. The van der Waals surface area contributed by atoms with Crippen LogP contribution in [-0.4, -0.2) is 24.3 Å². The zero-order valence-corrected chi connectivity index (χ0v) is 4.05. The van der Waals surface area contributed by atoms with E-state index in [1.165, 1.54) is 6.47 Å². The Morgan fingerprint density at radius 3 is 2.71 bits per heavy atom. The molecule has 0 aromatic rings. The number of aliphatic hydroxyl groups excluding tert-OH is 1. The van der Waals surface area contributed by atoms with Crippen molar-refractivity contribution < 1.29 is 14.6 Å². The van der Waals surface area contributed by atoms with Crippen LogP contribution in [0.15, 0.2) is 0 Å². The van der Waals surface area contributed by atoms with Gasteiger partial charge >= 0.3 is 6.47 Å². The van der Waals surface area contributed by atoms with Crippen LogP contribution >= 0.6 is 0 Å². The summed E-state index contributed by atoms with van der Waals surface area (Å²) in [5.41, 5.74) is 0. The molecule has 0 saturated carbocycles. The van der Waals surface area contributed by atoms with E-state index in [2.05, 4.69) is 4.74 Å². The van der Waals surface area contributed by atoms with Gasteiger partial charge in [-0.3, -0.25) is 0 Å². The topological polar surface area (TPSA) is 46.5 Å². The van der Waals surface area contributed by atoms with Crippen molar-refractivity contribution in [1.82, 2.24) is 0 Å². The number of hydrogen-bond donors (Lipinski definition) is 1. The molecule has 0 rings (SSSR count). The normalized spacial score (nSPS) is 12.9. The molecule has 0 fully saturated rings. The van der Waals surface area contributed by atoms with Crippen molar-refractivity contribution in [3.8, 4) is 0 Å². The first-order chi connectivity index (χ1) is 3.31. The summed E-state index contributed by atoms with van der Waals surface area (Å²) in [6.07, 6.45) is -0.419. The van der Waals surface area contributed by atoms with Gasteiger partial charge in [0.15, 0.2) is 0 Å². The predicted octanol–water partition coefficient (Wildman–Crippen LogP) is -0.549. The molecule has 1 atom stereocenters. The van der Waals surface area contributed by atoms with Crippen LogP contribution in [-0.2, 0) is 9.53 Å². The molecule has 0 heterocycles. The molecule has 1 radical (unpaired) electrons. The van der Waals surface area contributed by atoms with Crippen LogP contribution in [0, 0.1) is 0 Å². The van der Waals surface area contributed by atoms with Crippen LogP contribution < -0.4 is 0 Å². The van der Waals surface area contributed by atoms with E-state index in [1.807, 2.05) is 0 Å². The van der Waals surface area contributed by atoms with Crippen molar-refractivity contribution in [2.45, 2.75) is 13.0 Å². The lowest BCUT2D eigenvalue weighted by atomic mass is 10.4. The van der Waals surface area contributed by atoms with Crippen LogP contribution in [0.1, 0.15) is 6.92 Å². The fraction of sp³-hybridized carbons (Fsp3) is 0.750. The lowest BCUT2D eigenvalue weighted by molar-refractivity contribution is 0.115. The minimum absolute atomic E-state index is 0.144. The lowest BCUT2D eigenvalue weighted by Crippen LogP contribution is -2.10. The van der Waals surface area contributed by atoms with E-state index in [0.29, 0.717) is 0 Å². The van der Waals surface area contributed by atoms with Gasteiger partial charge in [0.05, 0.1) is 6.61 Å². The number of carbonyl (C=O) groups excluding carboxylic acids is 1. The second kappa shape index (κ2) is 3.61. The van der Waals surface area contributed by atoms with Crippen molar-refractivity contribution in [2.75, 3.05) is 6.61 Å². The summed E-state index contributed by atoms with van der Waals surface area (Å²) in [6, 6.07) is 0. The third-order valence-corrected chi connectivity index (χ3v) is 0.506.